The fraction of sp³-hybridized carbons (Fsp3) is 0.370. The van der Waals surface area contributed by atoms with Crippen molar-refractivity contribution < 1.29 is 50.5 Å². The second-order valence-corrected chi connectivity index (χ2v) is 12.0. The SMILES string of the molecule is CCOC(=O)OCON=[N+]([O-])N(CC(=O)NS(=O)(=O)c1ccc(-n2nc(C(F)(F)F)cc2-c2ccc(C)cc2)cc1)C(C)(C)C. The number of alkyl halides is 3. The molecule has 0 aliphatic carbocycles. The summed E-state index contributed by atoms with van der Waals surface area (Å²) in [6.45, 7) is 6.47. The van der Waals surface area contributed by atoms with Crippen LogP contribution in [0.1, 0.15) is 39.0 Å². The molecular weight excluding hydrogens is 625 g/mol. The van der Waals surface area contributed by atoms with Crippen molar-refractivity contribution in [3.8, 4) is 16.9 Å². The first-order valence-electron chi connectivity index (χ1n) is 13.2. The molecule has 3 rings (SSSR count). The molecule has 0 bridgehead atoms. The van der Waals surface area contributed by atoms with Gasteiger partial charge in [-0.05, 0) is 65.0 Å². The molecule has 18 heteroatoms. The number of aromatic nitrogens is 2. The van der Waals surface area contributed by atoms with Crippen molar-refractivity contribution in [2.45, 2.75) is 51.2 Å². The number of hydrogen-bond donors (Lipinski definition) is 1. The Morgan fingerprint density at radius 1 is 1.07 bits per heavy atom. The first-order chi connectivity index (χ1) is 20.9. The molecule has 244 valence electrons. The van der Waals surface area contributed by atoms with Crippen molar-refractivity contribution in [3.05, 3.63) is 71.1 Å². The number of nitrogens with zero attached hydrogens (tertiary/aromatic N) is 5. The van der Waals surface area contributed by atoms with Crippen LogP contribution in [0.3, 0.4) is 0 Å². The van der Waals surface area contributed by atoms with Crippen molar-refractivity contribution >= 4 is 22.1 Å². The van der Waals surface area contributed by atoms with E-state index < -0.39 is 52.8 Å². The summed E-state index contributed by atoms with van der Waals surface area (Å²) >= 11 is 0. The number of carbonyl (C=O) groups excluding carboxylic acids is 2. The number of benzene rings is 2. The van der Waals surface area contributed by atoms with Gasteiger partial charge >= 0.3 is 12.3 Å². The lowest BCUT2D eigenvalue weighted by molar-refractivity contribution is -0.723. The molecule has 3 aromatic rings. The number of carbonyl (C=O) groups is 2. The van der Waals surface area contributed by atoms with Gasteiger partial charge in [0.25, 0.3) is 22.7 Å². The van der Waals surface area contributed by atoms with Gasteiger partial charge in [0.15, 0.2) is 12.2 Å². The number of hydrazine groups is 1. The molecule has 2 aromatic carbocycles. The number of hydrogen-bond acceptors (Lipinski definition) is 10. The van der Waals surface area contributed by atoms with E-state index in [1.165, 1.54) is 32.9 Å². The summed E-state index contributed by atoms with van der Waals surface area (Å²) in [5.41, 5.74) is -0.602. The minimum atomic E-state index is -4.73. The monoisotopic (exact) mass is 656 g/mol. The summed E-state index contributed by atoms with van der Waals surface area (Å²) in [5.74, 6) is -1.11. The maximum atomic E-state index is 13.5. The topological polar surface area (TPSA) is 167 Å². The second kappa shape index (κ2) is 13.8. The molecular formula is C27H31F3N6O8S. The highest BCUT2D eigenvalue weighted by Gasteiger charge is 2.36. The zero-order valence-corrected chi connectivity index (χ0v) is 25.7. The Balaban J connectivity index is 1.78. The molecule has 1 aromatic heterocycles. The maximum absolute atomic E-state index is 13.5. The quantitative estimate of drug-likeness (QED) is 0.0762. The average molecular weight is 657 g/mol. The number of halogens is 3. The summed E-state index contributed by atoms with van der Waals surface area (Å²) in [6, 6.07) is 12.3. The van der Waals surface area contributed by atoms with E-state index in [1.54, 1.807) is 31.2 Å². The van der Waals surface area contributed by atoms with Crippen molar-refractivity contribution in [1.82, 2.24) is 19.5 Å². The van der Waals surface area contributed by atoms with Gasteiger partial charge in [0.1, 0.15) is 0 Å². The van der Waals surface area contributed by atoms with E-state index in [-0.39, 0.29) is 27.9 Å². The summed E-state index contributed by atoms with van der Waals surface area (Å²) < 4.78 is 78.3. The molecule has 0 saturated heterocycles. The maximum Gasteiger partial charge on any atom is 0.511 e. The molecule has 0 fully saturated rings. The van der Waals surface area contributed by atoms with E-state index in [1.807, 2.05) is 11.6 Å². The van der Waals surface area contributed by atoms with Crippen LogP contribution in [0, 0.1) is 12.1 Å². The highest BCUT2D eigenvalue weighted by Crippen LogP contribution is 2.33. The minimum Gasteiger partial charge on any atom is -0.569 e. The van der Waals surface area contributed by atoms with E-state index in [0.29, 0.717) is 5.56 Å². The summed E-state index contributed by atoms with van der Waals surface area (Å²) in [4.78, 5) is 28.0. The number of sulfonamides is 1. The molecule has 1 amide bonds. The van der Waals surface area contributed by atoms with Crippen molar-refractivity contribution in [2.24, 2.45) is 5.28 Å². The molecule has 0 aliphatic rings. The standard InChI is InChI=1S/C27H31F3N6O8S/c1-6-42-25(38)43-17-44-33-36(39)34(26(3,4)5)16-24(37)32-45(40,41)21-13-11-20(12-14-21)35-22(15-23(31-35)27(28,29)30)19-9-7-18(2)8-10-19/h7-15H,6,16-17H2,1-5H3,(H,32,37). The first kappa shape index (κ1) is 34.6. The van der Waals surface area contributed by atoms with Gasteiger partial charge < -0.3 is 19.5 Å². The summed E-state index contributed by atoms with van der Waals surface area (Å²) in [7, 11) is -4.49. The predicted octanol–water partition coefficient (Wildman–Crippen LogP) is 4.71. The van der Waals surface area contributed by atoms with Gasteiger partial charge in [-0.1, -0.05) is 29.8 Å². The van der Waals surface area contributed by atoms with Gasteiger partial charge in [-0.25, -0.2) is 22.6 Å². The molecule has 0 saturated carbocycles. The van der Waals surface area contributed by atoms with Gasteiger partial charge in [-0.2, -0.15) is 18.3 Å². The van der Waals surface area contributed by atoms with Crippen molar-refractivity contribution in [3.63, 3.8) is 0 Å². The lowest BCUT2D eigenvalue weighted by atomic mass is 10.1. The van der Waals surface area contributed by atoms with Crippen LogP contribution >= 0.6 is 0 Å². The summed E-state index contributed by atoms with van der Waals surface area (Å²) in [6.07, 6.45) is -5.79. The Morgan fingerprint density at radius 2 is 1.69 bits per heavy atom. The molecule has 1 heterocycles. The largest absolute Gasteiger partial charge is 0.569 e. The van der Waals surface area contributed by atoms with Gasteiger partial charge in [0.05, 0.1) is 33.4 Å². The van der Waals surface area contributed by atoms with E-state index >= 15 is 0 Å². The minimum absolute atomic E-state index is 0.0473. The molecule has 45 heavy (non-hydrogen) atoms. The van der Waals surface area contributed by atoms with Crippen LogP contribution in [-0.4, -0.2) is 65.7 Å². The van der Waals surface area contributed by atoms with Gasteiger partial charge in [-0.3, -0.25) is 4.79 Å². The Morgan fingerprint density at radius 3 is 2.24 bits per heavy atom. The van der Waals surface area contributed by atoms with Crippen LogP contribution in [0.15, 0.2) is 64.8 Å². The molecule has 1 N–H and O–H groups in total. The molecule has 14 nitrogen and oxygen atoms in total. The Hall–Kier alpha value is -4.87. The van der Waals surface area contributed by atoms with E-state index in [4.69, 9.17) is 0 Å². The third-order valence-corrected chi connectivity index (χ3v) is 7.27. The highest BCUT2D eigenvalue weighted by atomic mass is 32.2. The zero-order valence-electron chi connectivity index (χ0n) is 24.9. The lowest BCUT2D eigenvalue weighted by Crippen LogP contribution is -2.51. The molecule has 0 unspecified atom stereocenters. The third kappa shape index (κ3) is 9.31. The van der Waals surface area contributed by atoms with E-state index in [9.17, 15) is 36.4 Å². The third-order valence-electron chi connectivity index (χ3n) is 5.88. The Kier molecular flexibility index (Phi) is 10.6. The number of nitrogens with one attached hydrogen (secondary N) is 1. The molecule has 0 radical (unpaired) electrons. The van der Waals surface area contributed by atoms with Gasteiger partial charge in [0.2, 0.25) is 5.28 Å². The van der Waals surface area contributed by atoms with Crippen LogP contribution in [0.4, 0.5) is 18.0 Å². The highest BCUT2D eigenvalue weighted by molar-refractivity contribution is 7.90. The van der Waals surface area contributed by atoms with Gasteiger partial charge in [0, 0.05) is 5.56 Å². The number of ether oxygens (including phenoxy) is 2. The van der Waals surface area contributed by atoms with Crippen LogP contribution in [0.5, 0.6) is 0 Å². The lowest BCUT2D eigenvalue weighted by Gasteiger charge is -2.29. The van der Waals surface area contributed by atoms with Crippen LogP contribution < -0.4 is 4.72 Å². The molecule has 0 spiro atoms. The van der Waals surface area contributed by atoms with E-state index in [2.05, 4.69) is 24.7 Å². The normalized spacial score (nSPS) is 12.4. The zero-order chi connectivity index (χ0) is 33.6. The Bertz CT molecular complexity index is 1630. The average Bonchev–Trinajstić information content (AvgIpc) is 3.40. The molecule has 0 aliphatic heterocycles. The fourth-order valence-electron chi connectivity index (χ4n) is 3.70. The summed E-state index contributed by atoms with van der Waals surface area (Å²) in [5, 5.41) is 20.2. The van der Waals surface area contributed by atoms with Crippen LogP contribution in [0.2, 0.25) is 0 Å². The Labute approximate surface area is 256 Å². The second-order valence-electron chi connectivity index (χ2n) is 10.4. The number of amides is 1. The smallest absolute Gasteiger partial charge is 0.511 e. The van der Waals surface area contributed by atoms with E-state index in [0.717, 1.165) is 33.5 Å². The first-order valence-corrected chi connectivity index (χ1v) is 14.7. The van der Waals surface area contributed by atoms with Crippen molar-refractivity contribution in [1.29, 1.82) is 0 Å². The number of rotatable bonds is 11. The van der Waals surface area contributed by atoms with Crippen LogP contribution in [0.25, 0.3) is 16.9 Å². The predicted molar refractivity (Wildman–Crippen MR) is 151 cm³/mol. The van der Waals surface area contributed by atoms with Gasteiger partial charge in [-0.15, -0.1) is 5.01 Å². The number of aryl methyl sites for hydroxylation is 1. The fourth-order valence-corrected chi connectivity index (χ4v) is 4.67. The molecule has 0 atom stereocenters. The van der Waals surface area contributed by atoms with Crippen LogP contribution in [-0.2, 0) is 35.3 Å². The van der Waals surface area contributed by atoms with Crippen molar-refractivity contribution in [2.75, 3.05) is 19.9 Å².